The van der Waals surface area contributed by atoms with Crippen molar-refractivity contribution in [2.75, 3.05) is 19.4 Å². The van der Waals surface area contributed by atoms with E-state index in [9.17, 15) is 4.79 Å². The molecule has 1 saturated carbocycles. The maximum absolute atomic E-state index is 10.8. The van der Waals surface area contributed by atoms with Gasteiger partial charge in [0.05, 0.1) is 0 Å². The van der Waals surface area contributed by atoms with Crippen molar-refractivity contribution in [2.45, 2.75) is 50.4 Å². The van der Waals surface area contributed by atoms with Crippen LogP contribution < -0.4 is 21.1 Å². The molecular formula is C19H30N4O2S. The average molecular weight is 379 g/mol. The van der Waals surface area contributed by atoms with Crippen molar-refractivity contribution in [2.24, 2.45) is 10.7 Å². The van der Waals surface area contributed by atoms with Crippen LogP contribution in [0.3, 0.4) is 0 Å². The van der Waals surface area contributed by atoms with Gasteiger partial charge in [-0.25, -0.2) is 0 Å². The normalized spacial score (nSPS) is 20.5. The maximum atomic E-state index is 10.8. The van der Waals surface area contributed by atoms with E-state index in [0.29, 0.717) is 18.3 Å². The molecule has 1 aromatic rings. The summed E-state index contributed by atoms with van der Waals surface area (Å²) in [6, 6.07) is 8.10. The number of guanidine groups is 1. The lowest BCUT2D eigenvalue weighted by Crippen LogP contribution is -2.45. The Morgan fingerprint density at radius 1 is 1.42 bits per heavy atom. The number of carbonyl (C=O) groups is 1. The van der Waals surface area contributed by atoms with E-state index in [-0.39, 0.29) is 6.61 Å². The Balaban J connectivity index is 1.83. The monoisotopic (exact) mass is 378 g/mol. The first-order chi connectivity index (χ1) is 12.6. The second kappa shape index (κ2) is 11.0. The van der Waals surface area contributed by atoms with Crippen molar-refractivity contribution in [1.29, 1.82) is 0 Å². The fraction of sp³-hybridized carbons (Fsp3) is 0.579. The molecule has 1 aliphatic carbocycles. The van der Waals surface area contributed by atoms with Crippen LogP contribution in [-0.4, -0.2) is 42.6 Å². The smallest absolute Gasteiger partial charge is 0.255 e. The zero-order chi connectivity index (χ0) is 18.8. The van der Waals surface area contributed by atoms with Crippen LogP contribution >= 0.6 is 11.8 Å². The maximum Gasteiger partial charge on any atom is 0.255 e. The number of hydrogen-bond acceptors (Lipinski definition) is 4. The van der Waals surface area contributed by atoms with Gasteiger partial charge in [0, 0.05) is 24.9 Å². The van der Waals surface area contributed by atoms with Crippen LogP contribution in [0.2, 0.25) is 0 Å². The number of rotatable bonds is 8. The number of amides is 1. The molecule has 0 spiro atoms. The van der Waals surface area contributed by atoms with E-state index in [1.165, 1.54) is 31.4 Å². The lowest BCUT2D eigenvalue weighted by atomic mass is 9.95. The van der Waals surface area contributed by atoms with Gasteiger partial charge < -0.3 is 21.1 Å². The fourth-order valence-electron chi connectivity index (χ4n) is 3.14. The van der Waals surface area contributed by atoms with Crippen molar-refractivity contribution in [1.82, 2.24) is 10.6 Å². The number of benzene rings is 1. The minimum absolute atomic E-state index is 0.112. The zero-order valence-electron chi connectivity index (χ0n) is 15.7. The Morgan fingerprint density at radius 2 is 2.27 bits per heavy atom. The summed E-state index contributed by atoms with van der Waals surface area (Å²) in [5.41, 5.74) is 6.16. The first kappa shape index (κ1) is 20.4. The molecule has 0 bridgehead atoms. The van der Waals surface area contributed by atoms with Crippen molar-refractivity contribution in [3.8, 4) is 5.75 Å². The predicted molar refractivity (Wildman–Crippen MR) is 109 cm³/mol. The van der Waals surface area contributed by atoms with Gasteiger partial charge in [-0.05, 0) is 42.7 Å². The minimum Gasteiger partial charge on any atom is -0.484 e. The van der Waals surface area contributed by atoms with E-state index in [1.807, 2.05) is 24.3 Å². The molecule has 1 aromatic carbocycles. The summed E-state index contributed by atoms with van der Waals surface area (Å²) < 4.78 is 5.35. The van der Waals surface area contributed by atoms with Crippen LogP contribution in [0.5, 0.6) is 5.75 Å². The van der Waals surface area contributed by atoms with Gasteiger partial charge in [-0.15, -0.1) is 0 Å². The van der Waals surface area contributed by atoms with Crippen LogP contribution in [0.4, 0.5) is 0 Å². The first-order valence-corrected chi connectivity index (χ1v) is 10.2. The molecule has 1 aliphatic rings. The van der Waals surface area contributed by atoms with Crippen LogP contribution in [0.1, 0.15) is 38.2 Å². The number of nitrogens with one attached hydrogen (secondary N) is 2. The Labute approximate surface area is 160 Å². The molecule has 2 rings (SSSR count). The van der Waals surface area contributed by atoms with Gasteiger partial charge in [0.15, 0.2) is 12.6 Å². The summed E-state index contributed by atoms with van der Waals surface area (Å²) in [6.07, 6.45) is 4.97. The summed E-state index contributed by atoms with van der Waals surface area (Å²) in [5.74, 6) is 2.15. The average Bonchev–Trinajstić information content (AvgIpc) is 2.64. The summed E-state index contributed by atoms with van der Waals surface area (Å²) in [5, 5.41) is 7.66. The molecule has 0 radical (unpaired) electrons. The molecule has 1 amide bonds. The molecule has 0 saturated heterocycles. The number of nitrogens with zero attached hydrogens (tertiary/aromatic N) is 1. The highest BCUT2D eigenvalue weighted by Crippen LogP contribution is 2.28. The van der Waals surface area contributed by atoms with Crippen molar-refractivity contribution in [3.05, 3.63) is 29.8 Å². The number of ether oxygens (including phenoxy) is 1. The number of hydrogen-bond donors (Lipinski definition) is 3. The van der Waals surface area contributed by atoms with Crippen molar-refractivity contribution >= 4 is 23.6 Å². The molecule has 144 valence electrons. The van der Waals surface area contributed by atoms with E-state index in [2.05, 4.69) is 34.3 Å². The number of primary amides is 1. The van der Waals surface area contributed by atoms with Crippen LogP contribution in [0.25, 0.3) is 0 Å². The van der Waals surface area contributed by atoms with Gasteiger partial charge in [0.25, 0.3) is 5.91 Å². The molecular weight excluding hydrogens is 348 g/mol. The van der Waals surface area contributed by atoms with Crippen LogP contribution in [0, 0.1) is 0 Å². The van der Waals surface area contributed by atoms with Gasteiger partial charge in [-0.3, -0.25) is 9.79 Å². The molecule has 26 heavy (non-hydrogen) atoms. The van der Waals surface area contributed by atoms with E-state index in [1.54, 1.807) is 7.05 Å². The summed E-state index contributed by atoms with van der Waals surface area (Å²) in [7, 11) is 1.79. The van der Waals surface area contributed by atoms with E-state index >= 15 is 0 Å². The Kier molecular flexibility index (Phi) is 8.61. The number of nitrogens with two attached hydrogens (primary N) is 1. The van der Waals surface area contributed by atoms with E-state index < -0.39 is 5.91 Å². The topological polar surface area (TPSA) is 88.7 Å². The second-order valence-electron chi connectivity index (χ2n) is 6.41. The van der Waals surface area contributed by atoms with E-state index in [4.69, 9.17) is 10.5 Å². The van der Waals surface area contributed by atoms with Crippen molar-refractivity contribution < 1.29 is 9.53 Å². The number of thioether (sulfide) groups is 1. The highest BCUT2D eigenvalue weighted by molar-refractivity contribution is 7.99. The SMILES string of the molecule is CCSC1CCCC(NC(=NC)NCc2cccc(OCC(N)=O)c2)C1. The Bertz CT molecular complexity index is 607. The van der Waals surface area contributed by atoms with Gasteiger partial charge >= 0.3 is 0 Å². The number of aliphatic imine (C=N–C) groups is 1. The molecule has 2 unspecified atom stereocenters. The quantitative estimate of drug-likeness (QED) is 0.477. The highest BCUT2D eigenvalue weighted by atomic mass is 32.2. The summed E-state index contributed by atoms with van der Waals surface area (Å²) >= 11 is 2.06. The molecule has 0 aliphatic heterocycles. The highest BCUT2D eigenvalue weighted by Gasteiger charge is 2.22. The van der Waals surface area contributed by atoms with E-state index in [0.717, 1.165) is 16.8 Å². The van der Waals surface area contributed by atoms with Gasteiger partial charge in [0.2, 0.25) is 0 Å². The third kappa shape index (κ3) is 7.15. The second-order valence-corrected chi connectivity index (χ2v) is 7.99. The lowest BCUT2D eigenvalue weighted by molar-refractivity contribution is -0.119. The van der Waals surface area contributed by atoms with Crippen LogP contribution in [0.15, 0.2) is 29.3 Å². The Hall–Kier alpha value is -1.89. The third-order valence-corrected chi connectivity index (χ3v) is 5.57. The minimum atomic E-state index is -0.481. The third-order valence-electron chi connectivity index (χ3n) is 4.33. The zero-order valence-corrected chi connectivity index (χ0v) is 16.5. The fourth-order valence-corrected chi connectivity index (χ4v) is 4.31. The first-order valence-electron chi connectivity index (χ1n) is 9.19. The molecule has 1 fully saturated rings. The Morgan fingerprint density at radius 3 is 3.00 bits per heavy atom. The molecule has 0 heterocycles. The standard InChI is InChI=1S/C19H30N4O2S/c1-3-26-17-9-5-7-15(11-17)23-19(21-2)22-12-14-6-4-8-16(10-14)25-13-18(20)24/h4,6,8,10,15,17H,3,5,7,9,11-13H2,1-2H3,(H2,20,24)(H2,21,22,23). The molecule has 0 aromatic heterocycles. The van der Waals surface area contributed by atoms with Crippen LogP contribution in [-0.2, 0) is 11.3 Å². The van der Waals surface area contributed by atoms with Gasteiger partial charge in [0.1, 0.15) is 5.75 Å². The predicted octanol–water partition coefficient (Wildman–Crippen LogP) is 2.28. The largest absolute Gasteiger partial charge is 0.484 e. The summed E-state index contributed by atoms with van der Waals surface area (Å²) in [6.45, 7) is 2.75. The van der Waals surface area contributed by atoms with Crippen molar-refractivity contribution in [3.63, 3.8) is 0 Å². The lowest BCUT2D eigenvalue weighted by Gasteiger charge is -2.30. The molecule has 6 nitrogen and oxygen atoms in total. The molecule has 2 atom stereocenters. The van der Waals surface area contributed by atoms with Gasteiger partial charge in [-0.1, -0.05) is 25.5 Å². The molecule has 7 heteroatoms. The molecule has 4 N–H and O–H groups in total. The van der Waals surface area contributed by atoms with Gasteiger partial charge in [-0.2, -0.15) is 11.8 Å². The summed E-state index contributed by atoms with van der Waals surface area (Å²) in [4.78, 5) is 15.2. The number of carbonyl (C=O) groups excluding carboxylic acids is 1.